The van der Waals surface area contributed by atoms with Crippen molar-refractivity contribution in [2.75, 3.05) is 7.11 Å². The zero-order chi connectivity index (χ0) is 13.8. The number of carbonyl (C=O) groups is 1. The van der Waals surface area contributed by atoms with Gasteiger partial charge in [0.25, 0.3) is 0 Å². The Hall–Kier alpha value is -1.21. The summed E-state index contributed by atoms with van der Waals surface area (Å²) in [5.74, 6) is -0.462. The Bertz CT molecular complexity index is 406. The van der Waals surface area contributed by atoms with Gasteiger partial charge in [-0.25, -0.2) is 0 Å². The van der Waals surface area contributed by atoms with Crippen LogP contribution in [0.2, 0.25) is 0 Å². The summed E-state index contributed by atoms with van der Waals surface area (Å²) in [4.78, 5) is 11.1. The van der Waals surface area contributed by atoms with Crippen LogP contribution in [0.4, 0.5) is 13.2 Å². The first kappa shape index (κ1) is 14.8. The van der Waals surface area contributed by atoms with Gasteiger partial charge < -0.3 is 10.5 Å². The van der Waals surface area contributed by atoms with Crippen LogP contribution >= 0.6 is 11.8 Å². The Morgan fingerprint density at radius 3 is 2.39 bits per heavy atom. The van der Waals surface area contributed by atoms with E-state index in [1.54, 1.807) is 0 Å². The molecule has 1 atom stereocenters. The number of nitrogens with two attached hydrogens (primary N) is 1. The second-order valence-corrected chi connectivity index (χ2v) is 4.64. The second-order valence-electron chi connectivity index (χ2n) is 3.50. The largest absolute Gasteiger partial charge is 0.469 e. The van der Waals surface area contributed by atoms with Crippen molar-refractivity contribution in [2.24, 2.45) is 5.73 Å². The lowest BCUT2D eigenvalue weighted by molar-refractivity contribution is -0.141. The van der Waals surface area contributed by atoms with Crippen LogP contribution in [0.5, 0.6) is 0 Å². The van der Waals surface area contributed by atoms with E-state index in [9.17, 15) is 18.0 Å². The minimum atomic E-state index is -4.31. The van der Waals surface area contributed by atoms with Crippen LogP contribution in [-0.2, 0) is 9.53 Å². The summed E-state index contributed by atoms with van der Waals surface area (Å²) in [5, 5.41) is 0. The molecule has 100 valence electrons. The molecular formula is C11H12F3NO2S. The zero-order valence-corrected chi connectivity index (χ0v) is 10.3. The molecule has 2 N–H and O–H groups in total. The molecule has 0 aromatic heterocycles. The maximum absolute atomic E-state index is 12.1. The highest BCUT2D eigenvalue weighted by molar-refractivity contribution is 8.00. The molecule has 7 heteroatoms. The van der Waals surface area contributed by atoms with Crippen molar-refractivity contribution in [1.82, 2.24) is 0 Å². The molecule has 0 fully saturated rings. The molecule has 0 bridgehead atoms. The summed E-state index contributed by atoms with van der Waals surface area (Å²) >= 11 is -0.193. The van der Waals surface area contributed by atoms with Crippen LogP contribution in [0.3, 0.4) is 0 Å². The van der Waals surface area contributed by atoms with E-state index in [1.807, 2.05) is 0 Å². The lowest BCUT2D eigenvalue weighted by atomic mass is 10.1. The number of hydrogen-bond acceptors (Lipinski definition) is 4. The van der Waals surface area contributed by atoms with Crippen molar-refractivity contribution < 1.29 is 22.7 Å². The van der Waals surface area contributed by atoms with Gasteiger partial charge in [0.2, 0.25) is 0 Å². The first-order chi connectivity index (χ1) is 8.31. The zero-order valence-electron chi connectivity index (χ0n) is 9.53. The van der Waals surface area contributed by atoms with E-state index in [4.69, 9.17) is 5.73 Å². The van der Waals surface area contributed by atoms with Gasteiger partial charge in [0.05, 0.1) is 13.5 Å². The number of esters is 1. The van der Waals surface area contributed by atoms with E-state index in [0.29, 0.717) is 5.56 Å². The summed E-state index contributed by atoms with van der Waals surface area (Å²) in [6.45, 7) is 0. The Balaban J connectivity index is 2.67. The molecule has 18 heavy (non-hydrogen) atoms. The number of hydrogen-bond donors (Lipinski definition) is 1. The molecule has 1 rings (SSSR count). The normalized spacial score (nSPS) is 13.2. The number of ether oxygens (including phenoxy) is 1. The molecule has 0 aliphatic heterocycles. The third-order valence-electron chi connectivity index (χ3n) is 2.16. The SMILES string of the molecule is COC(=O)C[C@@H](N)c1ccc(SC(F)(F)F)cc1. The second kappa shape index (κ2) is 6.10. The summed E-state index contributed by atoms with van der Waals surface area (Å²) in [7, 11) is 1.25. The van der Waals surface area contributed by atoms with Gasteiger partial charge in [-0.05, 0) is 29.5 Å². The Morgan fingerprint density at radius 1 is 1.39 bits per heavy atom. The van der Waals surface area contributed by atoms with Gasteiger partial charge in [-0.2, -0.15) is 13.2 Å². The minimum Gasteiger partial charge on any atom is -0.469 e. The number of rotatable bonds is 4. The van der Waals surface area contributed by atoms with Gasteiger partial charge >= 0.3 is 11.5 Å². The summed E-state index contributed by atoms with van der Waals surface area (Å²) in [5.41, 5.74) is 2.00. The molecule has 0 amide bonds. The molecule has 3 nitrogen and oxygen atoms in total. The molecule has 0 spiro atoms. The monoisotopic (exact) mass is 279 g/mol. The molecule has 0 aliphatic carbocycles. The van der Waals surface area contributed by atoms with Crippen LogP contribution < -0.4 is 5.73 Å². The van der Waals surface area contributed by atoms with Crippen molar-refractivity contribution in [3.8, 4) is 0 Å². The molecule has 0 saturated carbocycles. The molecule has 1 aromatic carbocycles. The molecule has 0 heterocycles. The Labute approximate surface area is 106 Å². The smallest absolute Gasteiger partial charge is 0.446 e. The predicted octanol–water partition coefficient (Wildman–Crippen LogP) is 2.86. The first-order valence-electron chi connectivity index (χ1n) is 5.00. The molecule has 0 unspecified atom stereocenters. The average Bonchev–Trinajstić information content (AvgIpc) is 2.27. The molecule has 1 aromatic rings. The van der Waals surface area contributed by atoms with E-state index in [0.717, 1.165) is 0 Å². The topological polar surface area (TPSA) is 52.3 Å². The van der Waals surface area contributed by atoms with Crippen molar-refractivity contribution in [2.45, 2.75) is 22.9 Å². The van der Waals surface area contributed by atoms with Crippen LogP contribution in [0.1, 0.15) is 18.0 Å². The fraction of sp³-hybridized carbons (Fsp3) is 0.364. The Kier molecular flexibility index (Phi) is 5.03. The highest BCUT2D eigenvalue weighted by Gasteiger charge is 2.29. The minimum absolute atomic E-state index is 0.0116. The van der Waals surface area contributed by atoms with E-state index < -0.39 is 17.5 Å². The lowest BCUT2D eigenvalue weighted by Crippen LogP contribution is -2.16. The van der Waals surface area contributed by atoms with E-state index >= 15 is 0 Å². The standard InChI is InChI=1S/C11H12F3NO2S/c1-17-10(16)6-9(15)7-2-4-8(5-3-7)18-11(12,13)14/h2-5,9H,6,15H2,1H3/t9-/m1/s1. The molecule has 0 aliphatic rings. The lowest BCUT2D eigenvalue weighted by Gasteiger charge is -2.11. The van der Waals surface area contributed by atoms with Crippen LogP contribution in [0.25, 0.3) is 0 Å². The fourth-order valence-corrected chi connectivity index (χ4v) is 1.84. The quantitative estimate of drug-likeness (QED) is 0.680. The van der Waals surface area contributed by atoms with Crippen molar-refractivity contribution in [3.05, 3.63) is 29.8 Å². The number of halogens is 3. The van der Waals surface area contributed by atoms with Gasteiger partial charge in [-0.1, -0.05) is 12.1 Å². The highest BCUT2D eigenvalue weighted by Crippen LogP contribution is 2.37. The third-order valence-corrected chi connectivity index (χ3v) is 2.90. The summed E-state index contributed by atoms with van der Waals surface area (Å²) < 4.78 is 40.7. The highest BCUT2D eigenvalue weighted by atomic mass is 32.2. The first-order valence-corrected chi connectivity index (χ1v) is 5.81. The summed E-state index contributed by atoms with van der Waals surface area (Å²) in [6, 6.07) is 5.01. The van der Waals surface area contributed by atoms with Crippen molar-refractivity contribution >= 4 is 17.7 Å². The maximum Gasteiger partial charge on any atom is 0.446 e. The fourth-order valence-electron chi connectivity index (χ4n) is 1.30. The number of alkyl halides is 3. The number of methoxy groups -OCH3 is 1. The number of benzene rings is 1. The molecule has 0 radical (unpaired) electrons. The predicted molar refractivity (Wildman–Crippen MR) is 61.9 cm³/mol. The van der Waals surface area contributed by atoms with Crippen LogP contribution in [0.15, 0.2) is 29.2 Å². The van der Waals surface area contributed by atoms with E-state index in [-0.39, 0.29) is 23.1 Å². The average molecular weight is 279 g/mol. The third kappa shape index (κ3) is 4.97. The molecule has 0 saturated heterocycles. The van der Waals surface area contributed by atoms with Crippen LogP contribution in [-0.4, -0.2) is 18.6 Å². The van der Waals surface area contributed by atoms with E-state index in [2.05, 4.69) is 4.74 Å². The van der Waals surface area contributed by atoms with Gasteiger partial charge in [0.1, 0.15) is 0 Å². The van der Waals surface area contributed by atoms with Gasteiger partial charge in [-0.15, -0.1) is 0 Å². The van der Waals surface area contributed by atoms with Crippen LogP contribution in [0, 0.1) is 0 Å². The van der Waals surface area contributed by atoms with Crippen molar-refractivity contribution in [3.63, 3.8) is 0 Å². The number of carbonyl (C=O) groups excluding carboxylic acids is 1. The van der Waals surface area contributed by atoms with Crippen molar-refractivity contribution in [1.29, 1.82) is 0 Å². The van der Waals surface area contributed by atoms with Gasteiger partial charge in [0.15, 0.2) is 0 Å². The summed E-state index contributed by atoms with van der Waals surface area (Å²) in [6.07, 6.45) is -0.0116. The number of thioether (sulfide) groups is 1. The van der Waals surface area contributed by atoms with Gasteiger partial charge in [0, 0.05) is 10.9 Å². The van der Waals surface area contributed by atoms with E-state index in [1.165, 1.54) is 31.4 Å². The molecular weight excluding hydrogens is 267 g/mol. The van der Waals surface area contributed by atoms with Gasteiger partial charge in [-0.3, -0.25) is 4.79 Å². The maximum atomic E-state index is 12.1. The Morgan fingerprint density at radius 2 is 1.94 bits per heavy atom.